The first-order valence-corrected chi connectivity index (χ1v) is 6.36. The van der Waals surface area contributed by atoms with Gasteiger partial charge in [-0.15, -0.1) is 0 Å². The minimum Gasteiger partial charge on any atom is -0.327 e. The van der Waals surface area contributed by atoms with Crippen molar-refractivity contribution >= 4 is 11.6 Å². The molecule has 1 heterocycles. The molecule has 2 N–H and O–H groups in total. The highest BCUT2D eigenvalue weighted by Crippen LogP contribution is 2.23. The van der Waals surface area contributed by atoms with Gasteiger partial charge in [0.25, 0.3) is 0 Å². The van der Waals surface area contributed by atoms with Gasteiger partial charge in [0.1, 0.15) is 5.82 Å². The zero-order valence-electron chi connectivity index (χ0n) is 10.00. The largest absolute Gasteiger partial charge is 0.327 e. The number of hydrogen-bond acceptors (Lipinski definition) is 2. The van der Waals surface area contributed by atoms with Crippen LogP contribution in [0.25, 0.3) is 0 Å². The van der Waals surface area contributed by atoms with Crippen LogP contribution >= 0.6 is 11.6 Å². The first-order chi connectivity index (χ1) is 8.08. The SMILES string of the molecule is CC1CN(Cc2c(F)cccc2Cl)CCC1N. The number of nitrogens with two attached hydrogens (primary N) is 1. The lowest BCUT2D eigenvalue weighted by atomic mass is 9.94. The maximum absolute atomic E-state index is 13.6. The summed E-state index contributed by atoms with van der Waals surface area (Å²) >= 11 is 6.02. The van der Waals surface area contributed by atoms with Crippen molar-refractivity contribution in [1.82, 2.24) is 4.90 Å². The van der Waals surface area contributed by atoms with Gasteiger partial charge in [-0.2, -0.15) is 0 Å². The van der Waals surface area contributed by atoms with E-state index in [9.17, 15) is 4.39 Å². The van der Waals surface area contributed by atoms with E-state index in [1.165, 1.54) is 6.07 Å². The summed E-state index contributed by atoms with van der Waals surface area (Å²) in [5, 5.41) is 0.507. The number of hydrogen-bond donors (Lipinski definition) is 1. The summed E-state index contributed by atoms with van der Waals surface area (Å²) < 4.78 is 13.6. The van der Waals surface area contributed by atoms with Crippen LogP contribution in [0.3, 0.4) is 0 Å². The summed E-state index contributed by atoms with van der Waals surface area (Å²) in [6.07, 6.45) is 0.966. The molecule has 0 saturated carbocycles. The molecule has 2 atom stereocenters. The van der Waals surface area contributed by atoms with Crippen molar-refractivity contribution in [3.8, 4) is 0 Å². The van der Waals surface area contributed by atoms with Crippen molar-refractivity contribution in [2.45, 2.75) is 25.9 Å². The van der Waals surface area contributed by atoms with Crippen LogP contribution in [-0.4, -0.2) is 24.0 Å². The molecule has 0 aromatic heterocycles. The molecule has 2 unspecified atom stereocenters. The van der Waals surface area contributed by atoms with E-state index in [0.29, 0.717) is 23.0 Å². The molecule has 0 amide bonds. The lowest BCUT2D eigenvalue weighted by molar-refractivity contribution is 0.156. The Bertz CT molecular complexity index is 377. The average molecular weight is 257 g/mol. The van der Waals surface area contributed by atoms with Crippen LogP contribution in [-0.2, 0) is 6.54 Å². The maximum atomic E-state index is 13.6. The molecule has 94 valence electrons. The van der Waals surface area contributed by atoms with E-state index in [0.717, 1.165) is 19.5 Å². The normalized spacial score (nSPS) is 26.1. The summed E-state index contributed by atoms with van der Waals surface area (Å²) in [4.78, 5) is 2.22. The van der Waals surface area contributed by atoms with Gasteiger partial charge in [0.2, 0.25) is 0 Å². The number of nitrogens with zero attached hydrogens (tertiary/aromatic N) is 1. The third-order valence-electron chi connectivity index (χ3n) is 3.50. The average Bonchev–Trinajstić information content (AvgIpc) is 2.28. The standard InChI is InChI=1S/C13H18ClFN2/c1-9-7-17(6-5-13(9)16)8-10-11(14)3-2-4-12(10)15/h2-4,9,13H,5-8,16H2,1H3. The lowest BCUT2D eigenvalue weighted by Gasteiger charge is -2.35. The Kier molecular flexibility index (Phi) is 4.02. The Morgan fingerprint density at radius 2 is 2.29 bits per heavy atom. The Hall–Kier alpha value is -0.640. The Morgan fingerprint density at radius 1 is 1.53 bits per heavy atom. The highest BCUT2D eigenvalue weighted by atomic mass is 35.5. The van der Waals surface area contributed by atoms with E-state index in [1.807, 2.05) is 0 Å². The number of likely N-dealkylation sites (tertiary alicyclic amines) is 1. The topological polar surface area (TPSA) is 29.3 Å². The molecule has 2 nitrogen and oxygen atoms in total. The van der Waals surface area contributed by atoms with Gasteiger partial charge in [-0.05, 0) is 31.0 Å². The molecule has 1 aromatic carbocycles. The van der Waals surface area contributed by atoms with Gasteiger partial charge in [0, 0.05) is 29.7 Å². The molecule has 1 aliphatic rings. The Balaban J connectivity index is 2.06. The van der Waals surface area contributed by atoms with E-state index in [4.69, 9.17) is 17.3 Å². The van der Waals surface area contributed by atoms with Crippen LogP contribution in [0.4, 0.5) is 4.39 Å². The molecule has 4 heteroatoms. The summed E-state index contributed by atoms with van der Waals surface area (Å²) in [6.45, 7) is 4.53. The van der Waals surface area contributed by atoms with Crippen molar-refractivity contribution in [2.24, 2.45) is 11.7 Å². The zero-order chi connectivity index (χ0) is 12.4. The van der Waals surface area contributed by atoms with Crippen molar-refractivity contribution in [2.75, 3.05) is 13.1 Å². The quantitative estimate of drug-likeness (QED) is 0.882. The predicted octanol–water partition coefficient (Wildman–Crippen LogP) is 2.65. The summed E-state index contributed by atoms with van der Waals surface area (Å²) in [5.74, 6) is 0.231. The molecule has 1 saturated heterocycles. The molecular formula is C13H18ClFN2. The summed E-state index contributed by atoms with van der Waals surface area (Å²) in [6, 6.07) is 5.09. The predicted molar refractivity (Wildman–Crippen MR) is 68.4 cm³/mol. The molecular weight excluding hydrogens is 239 g/mol. The molecule has 1 fully saturated rings. The molecule has 0 aliphatic carbocycles. The molecule has 0 bridgehead atoms. The summed E-state index contributed by atoms with van der Waals surface area (Å²) in [7, 11) is 0. The van der Waals surface area contributed by atoms with Crippen molar-refractivity contribution in [3.05, 3.63) is 34.6 Å². The lowest BCUT2D eigenvalue weighted by Crippen LogP contribution is -2.45. The van der Waals surface area contributed by atoms with Crippen molar-refractivity contribution in [1.29, 1.82) is 0 Å². The van der Waals surface area contributed by atoms with Gasteiger partial charge in [-0.3, -0.25) is 4.90 Å². The second-order valence-corrected chi connectivity index (χ2v) is 5.27. The smallest absolute Gasteiger partial charge is 0.129 e. The fourth-order valence-corrected chi connectivity index (χ4v) is 2.52. The first kappa shape index (κ1) is 12.8. The maximum Gasteiger partial charge on any atom is 0.129 e. The van der Waals surface area contributed by atoms with Gasteiger partial charge < -0.3 is 5.73 Å². The fraction of sp³-hybridized carbons (Fsp3) is 0.538. The van der Waals surface area contributed by atoms with Crippen LogP contribution in [0.15, 0.2) is 18.2 Å². The molecule has 0 radical (unpaired) electrons. The molecule has 1 aliphatic heterocycles. The van der Waals surface area contributed by atoms with E-state index < -0.39 is 0 Å². The van der Waals surface area contributed by atoms with Gasteiger partial charge in [-0.25, -0.2) is 4.39 Å². The van der Waals surface area contributed by atoms with E-state index in [2.05, 4.69) is 11.8 Å². The number of rotatable bonds is 2. The minimum absolute atomic E-state index is 0.222. The fourth-order valence-electron chi connectivity index (χ4n) is 2.30. The third kappa shape index (κ3) is 2.97. The van der Waals surface area contributed by atoms with Gasteiger partial charge in [0.15, 0.2) is 0 Å². The third-order valence-corrected chi connectivity index (χ3v) is 3.85. The molecule has 0 spiro atoms. The Morgan fingerprint density at radius 3 is 2.94 bits per heavy atom. The van der Waals surface area contributed by atoms with Crippen LogP contribution in [0.5, 0.6) is 0 Å². The first-order valence-electron chi connectivity index (χ1n) is 5.98. The monoisotopic (exact) mass is 256 g/mol. The number of piperidine rings is 1. The second-order valence-electron chi connectivity index (χ2n) is 4.87. The molecule has 17 heavy (non-hydrogen) atoms. The van der Waals surface area contributed by atoms with Crippen LogP contribution in [0, 0.1) is 11.7 Å². The van der Waals surface area contributed by atoms with Crippen molar-refractivity contribution < 1.29 is 4.39 Å². The van der Waals surface area contributed by atoms with Gasteiger partial charge in [-0.1, -0.05) is 24.6 Å². The van der Waals surface area contributed by atoms with Gasteiger partial charge >= 0.3 is 0 Å². The van der Waals surface area contributed by atoms with Crippen LogP contribution < -0.4 is 5.73 Å². The molecule has 1 aromatic rings. The number of benzene rings is 1. The molecule has 2 rings (SSSR count). The zero-order valence-corrected chi connectivity index (χ0v) is 10.8. The van der Waals surface area contributed by atoms with Crippen LogP contribution in [0.2, 0.25) is 5.02 Å². The van der Waals surface area contributed by atoms with Gasteiger partial charge in [0.05, 0.1) is 0 Å². The van der Waals surface area contributed by atoms with E-state index in [-0.39, 0.29) is 11.9 Å². The second kappa shape index (κ2) is 5.34. The minimum atomic E-state index is -0.222. The highest BCUT2D eigenvalue weighted by molar-refractivity contribution is 6.31. The Labute approximate surface area is 107 Å². The summed E-state index contributed by atoms with van der Waals surface area (Å²) in [5.41, 5.74) is 6.56. The van der Waals surface area contributed by atoms with E-state index in [1.54, 1.807) is 12.1 Å². The number of halogens is 2. The highest BCUT2D eigenvalue weighted by Gasteiger charge is 2.24. The van der Waals surface area contributed by atoms with Crippen LogP contribution in [0.1, 0.15) is 18.9 Å². The van der Waals surface area contributed by atoms with E-state index >= 15 is 0 Å². The van der Waals surface area contributed by atoms with Crippen molar-refractivity contribution in [3.63, 3.8) is 0 Å².